The van der Waals surface area contributed by atoms with Crippen molar-refractivity contribution in [1.29, 1.82) is 0 Å². The maximum atomic E-state index is 4.34. The van der Waals surface area contributed by atoms with Gasteiger partial charge in [0.1, 0.15) is 0 Å². The molecule has 0 amide bonds. The van der Waals surface area contributed by atoms with Crippen LogP contribution in [0.4, 0.5) is 0 Å². The summed E-state index contributed by atoms with van der Waals surface area (Å²) in [7, 11) is 4.21. The molecular weight excluding hydrogens is 270 g/mol. The minimum atomic E-state index is 0.279. The van der Waals surface area contributed by atoms with Crippen LogP contribution in [0.2, 0.25) is 0 Å². The van der Waals surface area contributed by atoms with Gasteiger partial charge in [-0.2, -0.15) is 0 Å². The Bertz CT molecular complexity index is 817. The van der Waals surface area contributed by atoms with Crippen LogP contribution in [0.15, 0.2) is 61.1 Å². The molecule has 22 heavy (non-hydrogen) atoms. The SMILES string of the molecule is CN(C)Cc1cccc(C2c3ccccc3-n3cncc32)c1. The lowest BCUT2D eigenvalue weighted by Crippen LogP contribution is -2.11. The van der Waals surface area contributed by atoms with Gasteiger partial charge in [-0.3, -0.25) is 0 Å². The monoisotopic (exact) mass is 289 g/mol. The Labute approximate surface area is 130 Å². The minimum absolute atomic E-state index is 0.279. The number of para-hydroxylation sites is 1. The number of imidazole rings is 1. The molecule has 0 bridgehead atoms. The summed E-state index contributed by atoms with van der Waals surface area (Å²) in [6.45, 7) is 0.960. The van der Waals surface area contributed by atoms with Gasteiger partial charge in [-0.05, 0) is 36.9 Å². The molecule has 3 heteroatoms. The second kappa shape index (κ2) is 5.11. The molecule has 1 aliphatic heterocycles. The number of fused-ring (bicyclic) bond motifs is 3. The fourth-order valence-corrected chi connectivity index (χ4v) is 3.42. The van der Waals surface area contributed by atoms with E-state index in [0.29, 0.717) is 0 Å². The van der Waals surface area contributed by atoms with E-state index in [-0.39, 0.29) is 5.92 Å². The Morgan fingerprint density at radius 2 is 1.95 bits per heavy atom. The maximum Gasteiger partial charge on any atom is 0.0994 e. The van der Waals surface area contributed by atoms with Gasteiger partial charge in [-0.25, -0.2) is 4.98 Å². The number of benzene rings is 2. The third-order valence-corrected chi connectivity index (χ3v) is 4.25. The first kappa shape index (κ1) is 13.3. The zero-order valence-electron chi connectivity index (χ0n) is 12.9. The molecule has 0 aliphatic carbocycles. The van der Waals surface area contributed by atoms with E-state index in [4.69, 9.17) is 0 Å². The molecule has 2 aromatic carbocycles. The average molecular weight is 289 g/mol. The Balaban J connectivity index is 1.83. The van der Waals surface area contributed by atoms with Crippen LogP contribution >= 0.6 is 0 Å². The van der Waals surface area contributed by atoms with Crippen LogP contribution < -0.4 is 0 Å². The standard InChI is InChI=1S/C19H19N3/c1-21(2)12-14-6-5-7-15(10-14)19-16-8-3-4-9-17(16)22-13-20-11-18(19)22/h3-11,13,19H,12H2,1-2H3. The molecule has 3 nitrogen and oxygen atoms in total. The van der Waals surface area contributed by atoms with Gasteiger partial charge < -0.3 is 9.47 Å². The van der Waals surface area contributed by atoms with Crippen molar-refractivity contribution in [1.82, 2.24) is 14.5 Å². The van der Waals surface area contributed by atoms with E-state index in [1.807, 2.05) is 12.5 Å². The van der Waals surface area contributed by atoms with E-state index in [2.05, 4.69) is 77.1 Å². The van der Waals surface area contributed by atoms with Crippen molar-refractivity contribution in [2.45, 2.75) is 12.5 Å². The van der Waals surface area contributed by atoms with Crippen LogP contribution in [-0.2, 0) is 6.54 Å². The van der Waals surface area contributed by atoms with Gasteiger partial charge >= 0.3 is 0 Å². The Hall–Kier alpha value is -2.39. The number of hydrogen-bond acceptors (Lipinski definition) is 2. The number of hydrogen-bond donors (Lipinski definition) is 0. The van der Waals surface area contributed by atoms with Crippen molar-refractivity contribution in [2.75, 3.05) is 14.1 Å². The molecule has 2 heterocycles. The zero-order chi connectivity index (χ0) is 15.1. The molecule has 1 aliphatic rings. The molecule has 0 saturated carbocycles. The van der Waals surface area contributed by atoms with Crippen LogP contribution in [0.25, 0.3) is 5.69 Å². The zero-order valence-corrected chi connectivity index (χ0v) is 12.9. The highest BCUT2D eigenvalue weighted by molar-refractivity contribution is 5.57. The van der Waals surface area contributed by atoms with Crippen molar-refractivity contribution in [3.8, 4) is 5.69 Å². The molecule has 0 spiro atoms. The summed E-state index contributed by atoms with van der Waals surface area (Å²) in [5.74, 6) is 0.279. The van der Waals surface area contributed by atoms with Gasteiger partial charge in [0.2, 0.25) is 0 Å². The first-order valence-electron chi connectivity index (χ1n) is 7.59. The minimum Gasteiger partial charge on any atom is -0.305 e. The highest BCUT2D eigenvalue weighted by Gasteiger charge is 2.29. The van der Waals surface area contributed by atoms with E-state index >= 15 is 0 Å². The smallest absolute Gasteiger partial charge is 0.0994 e. The van der Waals surface area contributed by atoms with Crippen molar-refractivity contribution in [3.05, 3.63) is 83.4 Å². The number of rotatable bonds is 3. The molecule has 3 aromatic rings. The summed E-state index contributed by atoms with van der Waals surface area (Å²) in [6, 6.07) is 17.5. The van der Waals surface area contributed by atoms with Crippen molar-refractivity contribution in [2.24, 2.45) is 0 Å². The lowest BCUT2D eigenvalue weighted by molar-refractivity contribution is 0.402. The summed E-state index contributed by atoms with van der Waals surface area (Å²) in [5, 5.41) is 0. The second-order valence-corrected chi connectivity index (χ2v) is 6.16. The van der Waals surface area contributed by atoms with E-state index in [1.165, 1.54) is 28.1 Å². The summed E-state index contributed by atoms with van der Waals surface area (Å²) in [6.07, 6.45) is 3.90. The molecule has 0 saturated heterocycles. The highest BCUT2D eigenvalue weighted by atomic mass is 15.1. The summed E-state index contributed by atoms with van der Waals surface area (Å²) in [4.78, 5) is 6.54. The highest BCUT2D eigenvalue weighted by Crippen LogP contribution is 2.41. The topological polar surface area (TPSA) is 21.1 Å². The number of aromatic nitrogens is 2. The normalized spacial score (nSPS) is 15.9. The third-order valence-electron chi connectivity index (χ3n) is 4.25. The summed E-state index contributed by atoms with van der Waals surface area (Å²) < 4.78 is 2.21. The first-order chi connectivity index (χ1) is 10.7. The molecule has 4 rings (SSSR count). The van der Waals surface area contributed by atoms with Gasteiger partial charge in [-0.15, -0.1) is 0 Å². The summed E-state index contributed by atoms with van der Waals surface area (Å²) >= 11 is 0. The van der Waals surface area contributed by atoms with Gasteiger partial charge in [0.15, 0.2) is 0 Å². The largest absolute Gasteiger partial charge is 0.305 e. The second-order valence-electron chi connectivity index (χ2n) is 6.16. The molecule has 0 N–H and O–H groups in total. The molecule has 1 unspecified atom stereocenters. The quantitative estimate of drug-likeness (QED) is 0.576. The molecule has 110 valence electrons. The lowest BCUT2D eigenvalue weighted by Gasteiger charge is -2.15. The molecule has 1 atom stereocenters. The first-order valence-corrected chi connectivity index (χ1v) is 7.59. The Morgan fingerprint density at radius 1 is 1.09 bits per heavy atom. The average Bonchev–Trinajstić information content (AvgIpc) is 3.07. The van der Waals surface area contributed by atoms with Gasteiger partial charge in [0, 0.05) is 12.7 Å². The fraction of sp³-hybridized carbons (Fsp3) is 0.211. The van der Waals surface area contributed by atoms with Crippen LogP contribution in [-0.4, -0.2) is 28.5 Å². The Kier molecular flexibility index (Phi) is 3.09. The van der Waals surface area contributed by atoms with Crippen LogP contribution in [0.1, 0.15) is 28.3 Å². The van der Waals surface area contributed by atoms with E-state index < -0.39 is 0 Å². The Morgan fingerprint density at radius 3 is 2.82 bits per heavy atom. The van der Waals surface area contributed by atoms with Crippen molar-refractivity contribution < 1.29 is 0 Å². The van der Waals surface area contributed by atoms with Gasteiger partial charge in [0.25, 0.3) is 0 Å². The van der Waals surface area contributed by atoms with Gasteiger partial charge in [-0.1, -0.05) is 42.5 Å². The van der Waals surface area contributed by atoms with E-state index in [9.17, 15) is 0 Å². The van der Waals surface area contributed by atoms with Gasteiger partial charge in [0.05, 0.1) is 23.6 Å². The van der Waals surface area contributed by atoms with Crippen LogP contribution in [0, 0.1) is 0 Å². The van der Waals surface area contributed by atoms with E-state index in [0.717, 1.165) is 6.54 Å². The predicted octanol–water partition coefficient (Wildman–Crippen LogP) is 3.43. The maximum absolute atomic E-state index is 4.34. The van der Waals surface area contributed by atoms with Crippen LogP contribution in [0.5, 0.6) is 0 Å². The third kappa shape index (κ3) is 2.06. The predicted molar refractivity (Wildman–Crippen MR) is 88.3 cm³/mol. The molecule has 0 radical (unpaired) electrons. The van der Waals surface area contributed by atoms with Crippen molar-refractivity contribution >= 4 is 0 Å². The summed E-state index contributed by atoms with van der Waals surface area (Å²) in [5.41, 5.74) is 6.55. The number of nitrogens with zero attached hydrogens (tertiary/aromatic N) is 3. The van der Waals surface area contributed by atoms with E-state index in [1.54, 1.807) is 0 Å². The van der Waals surface area contributed by atoms with Crippen LogP contribution in [0.3, 0.4) is 0 Å². The molecule has 1 aromatic heterocycles. The molecule has 0 fully saturated rings. The van der Waals surface area contributed by atoms with Crippen molar-refractivity contribution in [3.63, 3.8) is 0 Å². The lowest BCUT2D eigenvalue weighted by atomic mass is 9.89. The fourth-order valence-electron chi connectivity index (χ4n) is 3.42. The molecular formula is C19H19N3.